The van der Waals surface area contributed by atoms with Crippen LogP contribution in [0, 0.1) is 0 Å². The van der Waals surface area contributed by atoms with Gasteiger partial charge in [-0.05, 0) is 20.8 Å². The van der Waals surface area contributed by atoms with Crippen molar-refractivity contribution in [3.8, 4) is 0 Å². The van der Waals surface area contributed by atoms with Crippen molar-refractivity contribution in [1.82, 2.24) is 14.3 Å². The van der Waals surface area contributed by atoms with Gasteiger partial charge in [0.25, 0.3) is 10.0 Å². The monoisotopic (exact) mass is 289 g/mol. The first-order valence-corrected chi connectivity index (χ1v) is 7.64. The highest BCUT2D eigenvalue weighted by molar-refractivity contribution is 7.89. The summed E-state index contributed by atoms with van der Waals surface area (Å²) in [4.78, 5) is 3.87. The van der Waals surface area contributed by atoms with E-state index in [1.54, 1.807) is 18.4 Å². The Balaban J connectivity index is 1.95. The van der Waals surface area contributed by atoms with Crippen LogP contribution in [0.1, 0.15) is 20.8 Å². The molecule has 1 fully saturated rings. The third-order valence-corrected chi connectivity index (χ3v) is 4.13. The number of hydrogen-bond donors (Lipinski definition) is 1. The van der Waals surface area contributed by atoms with Gasteiger partial charge in [0.1, 0.15) is 0 Å². The predicted octanol–water partition coefficient (Wildman–Crippen LogP) is 0.333. The van der Waals surface area contributed by atoms with Gasteiger partial charge in [-0.25, -0.2) is 18.1 Å². The van der Waals surface area contributed by atoms with Crippen LogP contribution in [0.2, 0.25) is 0 Å². The molecule has 0 saturated carbocycles. The number of nitrogens with zero attached hydrogens (tertiary/aromatic N) is 2. The van der Waals surface area contributed by atoms with E-state index in [4.69, 9.17) is 9.47 Å². The summed E-state index contributed by atoms with van der Waals surface area (Å²) < 4.78 is 39.1. The number of sulfonamides is 1. The van der Waals surface area contributed by atoms with E-state index in [9.17, 15) is 8.42 Å². The van der Waals surface area contributed by atoms with Gasteiger partial charge in [0.15, 0.2) is 10.8 Å². The second-order valence-electron chi connectivity index (χ2n) is 4.84. The number of rotatable bonds is 5. The van der Waals surface area contributed by atoms with Crippen molar-refractivity contribution < 1.29 is 17.9 Å². The quantitative estimate of drug-likeness (QED) is 0.845. The first-order chi connectivity index (χ1) is 8.82. The van der Waals surface area contributed by atoms with Crippen LogP contribution in [0.3, 0.4) is 0 Å². The minimum Gasteiger partial charge on any atom is -0.348 e. The van der Waals surface area contributed by atoms with Crippen LogP contribution >= 0.6 is 0 Å². The Hall–Kier alpha value is -0.960. The molecule has 0 aliphatic carbocycles. The minimum atomic E-state index is -3.59. The molecular weight excluding hydrogens is 270 g/mol. The molecule has 19 heavy (non-hydrogen) atoms. The van der Waals surface area contributed by atoms with Gasteiger partial charge in [0.05, 0.1) is 19.0 Å². The third kappa shape index (κ3) is 3.53. The molecule has 1 unspecified atom stereocenters. The van der Waals surface area contributed by atoms with Gasteiger partial charge in [-0.15, -0.1) is 0 Å². The number of nitrogens with one attached hydrogen (secondary N) is 1. The lowest BCUT2D eigenvalue weighted by Gasteiger charge is -2.17. The van der Waals surface area contributed by atoms with E-state index >= 15 is 0 Å². The normalized spacial score (nSPS) is 22.8. The maximum atomic E-state index is 12.0. The third-order valence-electron chi connectivity index (χ3n) is 2.82. The molecule has 7 nitrogen and oxygen atoms in total. The molecule has 0 radical (unpaired) electrons. The number of hydrogen-bond acceptors (Lipinski definition) is 5. The van der Waals surface area contributed by atoms with Crippen molar-refractivity contribution in [3.05, 3.63) is 12.5 Å². The molecule has 1 saturated heterocycles. The van der Waals surface area contributed by atoms with Crippen LogP contribution in [0.4, 0.5) is 0 Å². The Morgan fingerprint density at radius 2 is 2.32 bits per heavy atom. The molecule has 1 aliphatic rings. The van der Waals surface area contributed by atoms with Crippen LogP contribution in [0.25, 0.3) is 0 Å². The molecule has 0 bridgehead atoms. The topological polar surface area (TPSA) is 82.5 Å². The van der Waals surface area contributed by atoms with E-state index in [1.165, 1.54) is 12.5 Å². The van der Waals surface area contributed by atoms with Crippen molar-refractivity contribution in [2.24, 2.45) is 0 Å². The van der Waals surface area contributed by atoms with Crippen molar-refractivity contribution in [1.29, 1.82) is 0 Å². The molecule has 1 aromatic heterocycles. The van der Waals surface area contributed by atoms with E-state index in [-0.39, 0.29) is 17.7 Å². The van der Waals surface area contributed by atoms with Gasteiger partial charge in [-0.3, -0.25) is 0 Å². The van der Waals surface area contributed by atoms with Gasteiger partial charge in [0, 0.05) is 19.3 Å². The van der Waals surface area contributed by atoms with Crippen LogP contribution in [-0.2, 0) is 26.0 Å². The Morgan fingerprint density at radius 1 is 1.58 bits per heavy atom. The van der Waals surface area contributed by atoms with Gasteiger partial charge < -0.3 is 14.0 Å². The summed E-state index contributed by atoms with van der Waals surface area (Å²) in [5.74, 6) is -0.653. The Kier molecular flexibility index (Phi) is 3.95. The van der Waals surface area contributed by atoms with Gasteiger partial charge in [-0.1, -0.05) is 0 Å². The van der Waals surface area contributed by atoms with Crippen LogP contribution < -0.4 is 4.72 Å². The Labute approximate surface area is 113 Å². The predicted molar refractivity (Wildman–Crippen MR) is 68.0 cm³/mol. The van der Waals surface area contributed by atoms with Crippen LogP contribution in [-0.4, -0.2) is 43.0 Å². The SMILES string of the molecule is CCn1cnc(S(=O)(=O)NCC2COC(C)(C)O2)c1. The van der Waals surface area contributed by atoms with Gasteiger partial charge in [0.2, 0.25) is 0 Å². The molecule has 0 spiro atoms. The summed E-state index contributed by atoms with van der Waals surface area (Å²) in [5.41, 5.74) is 0. The second kappa shape index (κ2) is 5.20. The molecule has 0 amide bonds. The minimum absolute atomic E-state index is 0.0209. The van der Waals surface area contributed by atoms with Crippen LogP contribution in [0.5, 0.6) is 0 Å². The van der Waals surface area contributed by atoms with Crippen molar-refractivity contribution in [3.63, 3.8) is 0 Å². The molecule has 1 N–H and O–H groups in total. The van der Waals surface area contributed by atoms with E-state index in [1.807, 2.05) is 6.92 Å². The van der Waals surface area contributed by atoms with Gasteiger partial charge >= 0.3 is 0 Å². The summed E-state index contributed by atoms with van der Waals surface area (Å²) in [6, 6.07) is 0. The largest absolute Gasteiger partial charge is 0.348 e. The van der Waals surface area contributed by atoms with E-state index in [0.29, 0.717) is 13.2 Å². The number of aromatic nitrogens is 2. The standard InChI is InChI=1S/C11H19N3O4S/c1-4-14-6-10(12-8-14)19(15,16)13-5-9-7-17-11(2,3)18-9/h6,8-9,13H,4-5,7H2,1-3H3. The fraction of sp³-hybridized carbons (Fsp3) is 0.727. The fourth-order valence-corrected chi connectivity index (χ4v) is 2.80. The molecule has 1 aliphatic heterocycles. The zero-order valence-electron chi connectivity index (χ0n) is 11.3. The zero-order chi connectivity index (χ0) is 14.1. The molecule has 108 valence electrons. The number of ether oxygens (including phenoxy) is 2. The molecule has 0 aromatic carbocycles. The maximum absolute atomic E-state index is 12.0. The first-order valence-electron chi connectivity index (χ1n) is 6.15. The smallest absolute Gasteiger partial charge is 0.259 e. The average molecular weight is 289 g/mol. The average Bonchev–Trinajstić information content (AvgIpc) is 2.93. The lowest BCUT2D eigenvalue weighted by molar-refractivity contribution is -0.137. The van der Waals surface area contributed by atoms with E-state index < -0.39 is 15.8 Å². The summed E-state index contributed by atoms with van der Waals surface area (Å²) in [6.45, 7) is 6.73. The molecule has 1 aromatic rings. The highest BCUT2D eigenvalue weighted by atomic mass is 32.2. The summed E-state index contributed by atoms with van der Waals surface area (Å²) in [5, 5.41) is 0.0209. The first kappa shape index (κ1) is 14.4. The lowest BCUT2D eigenvalue weighted by Crippen LogP contribution is -2.34. The second-order valence-corrected chi connectivity index (χ2v) is 6.56. The maximum Gasteiger partial charge on any atom is 0.259 e. The summed E-state index contributed by atoms with van der Waals surface area (Å²) in [6.07, 6.45) is 2.71. The zero-order valence-corrected chi connectivity index (χ0v) is 12.1. The van der Waals surface area contributed by atoms with Crippen molar-refractivity contribution >= 4 is 10.0 Å². The molecular formula is C11H19N3O4S. The molecule has 1 atom stereocenters. The summed E-state index contributed by atoms with van der Waals surface area (Å²) >= 11 is 0. The number of aryl methyl sites for hydroxylation is 1. The highest BCUT2D eigenvalue weighted by Crippen LogP contribution is 2.21. The van der Waals surface area contributed by atoms with Crippen LogP contribution in [0.15, 0.2) is 17.6 Å². The van der Waals surface area contributed by atoms with E-state index in [0.717, 1.165) is 0 Å². The molecule has 2 rings (SSSR count). The molecule has 8 heteroatoms. The summed E-state index contributed by atoms with van der Waals surface area (Å²) in [7, 11) is -3.59. The highest BCUT2D eigenvalue weighted by Gasteiger charge is 2.33. The van der Waals surface area contributed by atoms with Crippen molar-refractivity contribution in [2.75, 3.05) is 13.2 Å². The lowest BCUT2D eigenvalue weighted by atomic mass is 10.4. The number of imidazole rings is 1. The van der Waals surface area contributed by atoms with E-state index in [2.05, 4.69) is 9.71 Å². The Morgan fingerprint density at radius 3 is 2.84 bits per heavy atom. The van der Waals surface area contributed by atoms with Crippen molar-refractivity contribution in [2.45, 2.75) is 44.2 Å². The van der Waals surface area contributed by atoms with Gasteiger partial charge in [-0.2, -0.15) is 0 Å². The molecule has 2 heterocycles. The fourth-order valence-electron chi connectivity index (χ4n) is 1.79. The Bertz CT molecular complexity index is 538.